The minimum Gasteiger partial charge on any atom is -0.479 e. The van der Waals surface area contributed by atoms with E-state index in [-0.39, 0.29) is 51.4 Å². The molecule has 9 rings (SSSR count). The van der Waals surface area contributed by atoms with E-state index < -0.39 is 154 Å². The molecule has 430 valence electrons. The van der Waals surface area contributed by atoms with Crippen molar-refractivity contribution >= 4 is 5.97 Å². The molecule has 0 bridgehead atoms. The molecule has 4 saturated heterocycles. The van der Waals surface area contributed by atoms with Crippen LogP contribution in [0.25, 0.3) is 0 Å². The third kappa shape index (κ3) is 9.40. The zero-order valence-electron chi connectivity index (χ0n) is 44.4. The summed E-state index contributed by atoms with van der Waals surface area (Å²) in [6.07, 6.45) is -26.4. The number of carbonyl (C=O) groups is 1. The van der Waals surface area contributed by atoms with Gasteiger partial charge in [0.15, 0.2) is 31.3 Å². The summed E-state index contributed by atoms with van der Waals surface area (Å²) in [6, 6.07) is 0. The highest BCUT2D eigenvalue weighted by molar-refractivity contribution is 5.73. The second kappa shape index (κ2) is 20.7. The summed E-state index contributed by atoms with van der Waals surface area (Å²) < 4.78 is 48.7. The number of fused-ring (bicyclic) bond motifs is 7. The van der Waals surface area contributed by atoms with E-state index in [9.17, 15) is 71.2 Å². The van der Waals surface area contributed by atoms with Gasteiger partial charge in [-0.25, -0.2) is 4.79 Å². The molecule has 0 aromatic heterocycles. The highest BCUT2D eigenvalue weighted by Gasteiger charge is 2.70. The third-order valence-electron chi connectivity index (χ3n) is 21.2. The van der Waals surface area contributed by atoms with Gasteiger partial charge in [0.25, 0.3) is 0 Å². The van der Waals surface area contributed by atoms with Crippen LogP contribution in [0, 0.1) is 50.2 Å². The van der Waals surface area contributed by atoms with Crippen LogP contribution >= 0.6 is 0 Å². The smallest absolute Gasteiger partial charge is 0.335 e. The molecule has 13 N–H and O–H groups in total. The molecule has 9 aliphatic rings. The second-order valence-electron chi connectivity index (χ2n) is 26.0. The summed E-state index contributed by atoms with van der Waals surface area (Å²) in [5.41, 5.74) is -0.335. The van der Waals surface area contributed by atoms with Gasteiger partial charge < -0.3 is 104 Å². The largest absolute Gasteiger partial charge is 0.479 e. The lowest BCUT2D eigenvalue weighted by Crippen LogP contribution is -2.69. The van der Waals surface area contributed by atoms with Gasteiger partial charge >= 0.3 is 5.97 Å². The Labute approximate surface area is 437 Å². The highest BCUT2D eigenvalue weighted by Crippen LogP contribution is 2.76. The lowest BCUT2D eigenvalue weighted by molar-refractivity contribution is -0.408. The average Bonchev–Trinajstić information content (AvgIpc) is 3.37. The van der Waals surface area contributed by atoms with Gasteiger partial charge in [0.1, 0.15) is 79.4 Å². The van der Waals surface area contributed by atoms with Gasteiger partial charge in [0.2, 0.25) is 0 Å². The fraction of sp³-hybridized carbons (Fsp3) is 0.943. The van der Waals surface area contributed by atoms with Crippen molar-refractivity contribution < 1.29 is 109 Å². The number of ether oxygens (including phenoxy) is 8. The number of rotatable bonds is 11. The van der Waals surface area contributed by atoms with Gasteiger partial charge in [-0.1, -0.05) is 60.1 Å². The van der Waals surface area contributed by atoms with Gasteiger partial charge in [-0.2, -0.15) is 0 Å². The Bertz CT molecular complexity index is 2080. The Kier molecular flexibility index (Phi) is 16.1. The number of allylic oxidation sites excluding steroid dienone is 2. The van der Waals surface area contributed by atoms with Crippen LogP contribution in [-0.4, -0.2) is 221 Å². The molecule has 0 spiro atoms. The fourth-order valence-corrected chi connectivity index (χ4v) is 16.3. The van der Waals surface area contributed by atoms with Crippen molar-refractivity contribution in [2.45, 2.75) is 242 Å². The van der Waals surface area contributed by atoms with Crippen molar-refractivity contribution in [3.05, 3.63) is 11.6 Å². The molecule has 75 heavy (non-hydrogen) atoms. The molecule has 4 heterocycles. The van der Waals surface area contributed by atoms with Gasteiger partial charge in [0, 0.05) is 10.8 Å². The van der Waals surface area contributed by atoms with E-state index in [1.807, 2.05) is 6.92 Å². The van der Waals surface area contributed by atoms with Crippen LogP contribution in [0.2, 0.25) is 0 Å². The van der Waals surface area contributed by atoms with Gasteiger partial charge in [-0.05, 0) is 104 Å². The third-order valence-corrected chi connectivity index (χ3v) is 21.2. The SMILES string of the molecule is C[C@@H]1O[C@@H](O[C@H]2[C@H](O[C@H]3[C@H](O[C@H]4CC[C@@]5(C)C(CC[C@]6(C)C5CC=C5C7CC(C)(C)C[C@@H](O)[C@]7(C)CC[C@]56C)[C@@]4(C)CO)O[C@H](C(=O)O)[C@@H](O)[C@@H]3O)O[C@H](CO)[C@H](O)[C@@H]2OC2OC[C@H](O)[C@H](O)[C@H]2O)[C@H](O)[C@H](O)[C@H]1O. The van der Waals surface area contributed by atoms with E-state index in [0.29, 0.717) is 12.8 Å². The zero-order valence-corrected chi connectivity index (χ0v) is 44.4. The van der Waals surface area contributed by atoms with Crippen LogP contribution in [0.3, 0.4) is 0 Å². The quantitative estimate of drug-likeness (QED) is 0.0887. The monoisotopic (exact) mass is 1070 g/mol. The Hall–Kier alpha value is -1.59. The summed E-state index contributed by atoms with van der Waals surface area (Å²) in [6.45, 7) is 15.5. The fourth-order valence-electron chi connectivity index (χ4n) is 16.3. The molecule has 8 fully saturated rings. The maximum atomic E-state index is 12.7. The molecule has 0 amide bonds. The van der Waals surface area contributed by atoms with E-state index in [1.165, 1.54) is 12.5 Å². The molecule has 29 atom stereocenters. The Morgan fingerprint density at radius 3 is 1.95 bits per heavy atom. The van der Waals surface area contributed by atoms with E-state index in [2.05, 4.69) is 47.6 Å². The van der Waals surface area contributed by atoms with Crippen molar-refractivity contribution in [1.29, 1.82) is 0 Å². The van der Waals surface area contributed by atoms with Crippen LogP contribution < -0.4 is 0 Å². The van der Waals surface area contributed by atoms with Crippen LogP contribution in [0.1, 0.15) is 113 Å². The molecule has 4 aliphatic heterocycles. The molecular formula is C53H86O22. The predicted molar refractivity (Wildman–Crippen MR) is 257 cm³/mol. The van der Waals surface area contributed by atoms with Crippen LogP contribution in [0.5, 0.6) is 0 Å². The minimum atomic E-state index is -2.15. The molecule has 22 nitrogen and oxygen atoms in total. The molecule has 0 aromatic rings. The lowest BCUT2D eigenvalue weighted by Gasteiger charge is -2.72. The molecular weight excluding hydrogens is 989 g/mol. The molecule has 4 saturated carbocycles. The van der Waals surface area contributed by atoms with Crippen LogP contribution in [0.15, 0.2) is 11.6 Å². The molecule has 0 aromatic carbocycles. The maximum Gasteiger partial charge on any atom is 0.335 e. The first kappa shape index (κ1) is 58.1. The minimum absolute atomic E-state index is 0.00990. The topological polar surface area (TPSA) is 354 Å². The van der Waals surface area contributed by atoms with Gasteiger partial charge in [0.05, 0.1) is 38.1 Å². The Balaban J connectivity index is 1.02. The predicted octanol–water partition coefficient (Wildman–Crippen LogP) is -0.832. The average molecular weight is 1080 g/mol. The number of carboxylic acids is 1. The summed E-state index contributed by atoms with van der Waals surface area (Å²) in [4.78, 5) is 12.7. The van der Waals surface area contributed by atoms with Crippen molar-refractivity contribution in [3.63, 3.8) is 0 Å². The van der Waals surface area contributed by atoms with E-state index in [4.69, 9.17) is 37.9 Å². The van der Waals surface area contributed by atoms with E-state index in [0.717, 1.165) is 44.9 Å². The number of carboxylic acid groups (broad SMARTS) is 1. The van der Waals surface area contributed by atoms with Crippen molar-refractivity contribution in [2.24, 2.45) is 50.2 Å². The van der Waals surface area contributed by atoms with Gasteiger partial charge in [-0.3, -0.25) is 0 Å². The summed E-state index contributed by atoms with van der Waals surface area (Å²) >= 11 is 0. The molecule has 0 radical (unpaired) electrons. The van der Waals surface area contributed by atoms with Crippen molar-refractivity contribution in [3.8, 4) is 0 Å². The first-order valence-corrected chi connectivity index (χ1v) is 27.2. The van der Waals surface area contributed by atoms with Crippen LogP contribution in [-0.2, 0) is 42.7 Å². The zero-order chi connectivity index (χ0) is 54.9. The first-order valence-electron chi connectivity index (χ1n) is 27.2. The highest BCUT2D eigenvalue weighted by atomic mass is 16.8. The lowest BCUT2D eigenvalue weighted by atomic mass is 9.33. The number of aliphatic carboxylic acids is 1. The Morgan fingerprint density at radius 2 is 1.28 bits per heavy atom. The summed E-state index contributed by atoms with van der Waals surface area (Å²) in [5.74, 6) is -1.33. The molecule has 5 aliphatic carbocycles. The molecule has 22 heteroatoms. The van der Waals surface area contributed by atoms with E-state index >= 15 is 0 Å². The van der Waals surface area contributed by atoms with Gasteiger partial charge in [-0.15, -0.1) is 0 Å². The standard InChI is InChI=1S/C53H86O22/c1-22-31(58)34(61)38(65)45(69-22)75-42-39(72-44-37(64)32(59)25(56)20-68-44)33(60)26(19-54)70-47(42)74-41-36(63)35(62)40(43(66)67)73-46(41)71-30-12-13-50(5)27(51(30,6)21-55)11-14-53(8)28(50)10-9-23-24-17-48(2,3)18-29(57)49(24,4)15-16-52(23,53)7/h9,22,24-42,44-47,54-65H,10-21H2,1-8H3,(H,66,67)/t22-,24?,25-,26+,27?,28?,29+,30-,31-,32-,33-,34+,35-,36-,37+,38+,39-,40-,41+,42+,44?,45-,46+,47-,49+,50-,51+,52+,53+/m0/s1. The van der Waals surface area contributed by atoms with E-state index in [1.54, 1.807) is 0 Å². The second-order valence-corrected chi connectivity index (χ2v) is 26.0. The normalized spacial score (nSPS) is 55.9. The number of aliphatic hydroxyl groups is 12. The first-order chi connectivity index (χ1) is 35.0. The number of hydrogen-bond donors (Lipinski definition) is 13. The summed E-state index contributed by atoms with van der Waals surface area (Å²) in [7, 11) is 0. The summed E-state index contributed by atoms with van der Waals surface area (Å²) in [5, 5.41) is 143. The Morgan fingerprint density at radius 1 is 0.627 bits per heavy atom. The van der Waals surface area contributed by atoms with Crippen molar-refractivity contribution in [2.75, 3.05) is 19.8 Å². The number of hydrogen-bond acceptors (Lipinski definition) is 21. The van der Waals surface area contributed by atoms with Crippen molar-refractivity contribution in [1.82, 2.24) is 0 Å². The molecule has 4 unspecified atom stereocenters. The maximum absolute atomic E-state index is 12.7. The van der Waals surface area contributed by atoms with Crippen LogP contribution in [0.4, 0.5) is 0 Å². The number of aliphatic hydroxyl groups excluding tert-OH is 12.